The molecule has 2 amide bonds. The maximum atomic E-state index is 12.6. The molecule has 3 heterocycles. The van der Waals surface area contributed by atoms with Crippen LogP contribution in [0.15, 0.2) is 23.6 Å². The Kier molecular flexibility index (Phi) is 4.47. The first-order valence-corrected chi connectivity index (χ1v) is 8.64. The zero-order valence-electron chi connectivity index (χ0n) is 13.2. The van der Waals surface area contributed by atoms with Crippen molar-refractivity contribution >= 4 is 29.0 Å². The Morgan fingerprint density at radius 2 is 2.30 bits per heavy atom. The predicted octanol–water partition coefficient (Wildman–Crippen LogP) is 2.72. The number of aromatic nitrogens is 2. The highest BCUT2D eigenvalue weighted by Gasteiger charge is 2.35. The summed E-state index contributed by atoms with van der Waals surface area (Å²) in [5, 5.41) is 11.9. The average molecular weight is 332 g/mol. The van der Waals surface area contributed by atoms with Gasteiger partial charge < -0.3 is 10.2 Å². The maximum absolute atomic E-state index is 12.6. The zero-order chi connectivity index (χ0) is 16.4. The molecule has 0 radical (unpaired) electrons. The van der Waals surface area contributed by atoms with Gasteiger partial charge in [-0.15, -0.1) is 11.3 Å². The number of H-pyrrole nitrogens is 1. The number of nitrogens with zero attached hydrogens (tertiary/aromatic N) is 2. The van der Waals surface area contributed by atoms with E-state index in [0.29, 0.717) is 18.8 Å². The second kappa shape index (κ2) is 6.54. The molecule has 2 aromatic heterocycles. The molecule has 122 valence electrons. The van der Waals surface area contributed by atoms with E-state index in [9.17, 15) is 9.59 Å². The molecule has 1 saturated heterocycles. The summed E-state index contributed by atoms with van der Waals surface area (Å²) in [6, 6.07) is 5.32. The third kappa shape index (κ3) is 3.29. The standard InChI is InChI=1S/C16H20N4O2S/c1-10(2)15(20-7-3-6-14(20)21)16(22)17-13-9-11(18-19-13)12-5-4-8-23-12/h4-5,8-10,15H,3,6-7H2,1-2H3,(H2,17,18,19,22). The largest absolute Gasteiger partial charge is 0.330 e. The van der Waals surface area contributed by atoms with E-state index in [1.54, 1.807) is 16.2 Å². The predicted molar refractivity (Wildman–Crippen MR) is 90.1 cm³/mol. The molecular formula is C16H20N4O2S. The van der Waals surface area contributed by atoms with E-state index >= 15 is 0 Å². The molecule has 6 nitrogen and oxygen atoms in total. The lowest BCUT2D eigenvalue weighted by Crippen LogP contribution is -2.48. The van der Waals surface area contributed by atoms with Crippen molar-refractivity contribution in [1.82, 2.24) is 15.1 Å². The number of hydrogen-bond donors (Lipinski definition) is 2. The van der Waals surface area contributed by atoms with Crippen LogP contribution in [0.5, 0.6) is 0 Å². The number of amides is 2. The van der Waals surface area contributed by atoms with Crippen molar-refractivity contribution in [2.45, 2.75) is 32.7 Å². The molecule has 0 spiro atoms. The second-order valence-corrected chi connectivity index (χ2v) is 6.96. The second-order valence-electron chi connectivity index (χ2n) is 6.01. The Labute approximate surface area is 138 Å². The van der Waals surface area contributed by atoms with E-state index in [1.807, 2.05) is 37.4 Å². The Hall–Kier alpha value is -2.15. The Bertz CT molecular complexity index is 693. The maximum Gasteiger partial charge on any atom is 0.248 e. The molecule has 23 heavy (non-hydrogen) atoms. The van der Waals surface area contributed by atoms with Crippen molar-refractivity contribution in [2.75, 3.05) is 11.9 Å². The van der Waals surface area contributed by atoms with Gasteiger partial charge in [0.15, 0.2) is 5.82 Å². The molecule has 1 fully saturated rings. The van der Waals surface area contributed by atoms with Gasteiger partial charge in [0.2, 0.25) is 11.8 Å². The van der Waals surface area contributed by atoms with E-state index in [2.05, 4.69) is 15.5 Å². The number of carbonyl (C=O) groups is 2. The SMILES string of the molecule is CC(C)C(C(=O)Nc1cc(-c2cccs2)[nH]n1)N1CCCC1=O. The fraction of sp³-hybridized carbons (Fsp3) is 0.438. The third-order valence-corrected chi connectivity index (χ3v) is 4.86. The lowest BCUT2D eigenvalue weighted by molar-refractivity contribution is -0.136. The summed E-state index contributed by atoms with van der Waals surface area (Å²) in [4.78, 5) is 27.3. The van der Waals surface area contributed by atoms with Gasteiger partial charge in [0.25, 0.3) is 0 Å². The van der Waals surface area contributed by atoms with Gasteiger partial charge in [-0.05, 0) is 23.8 Å². The van der Waals surface area contributed by atoms with E-state index in [0.717, 1.165) is 17.0 Å². The summed E-state index contributed by atoms with van der Waals surface area (Å²) in [5.41, 5.74) is 0.869. The monoisotopic (exact) mass is 332 g/mol. The molecular weight excluding hydrogens is 312 g/mol. The molecule has 7 heteroatoms. The van der Waals surface area contributed by atoms with Gasteiger partial charge in [0.05, 0.1) is 10.6 Å². The van der Waals surface area contributed by atoms with Crippen molar-refractivity contribution in [1.29, 1.82) is 0 Å². The minimum absolute atomic E-state index is 0.0489. The van der Waals surface area contributed by atoms with Crippen molar-refractivity contribution in [3.63, 3.8) is 0 Å². The fourth-order valence-electron chi connectivity index (χ4n) is 2.91. The van der Waals surface area contributed by atoms with Crippen LogP contribution in [0.3, 0.4) is 0 Å². The summed E-state index contributed by atoms with van der Waals surface area (Å²) in [7, 11) is 0. The first-order valence-electron chi connectivity index (χ1n) is 7.76. The Balaban J connectivity index is 1.73. The number of rotatable bonds is 5. The quantitative estimate of drug-likeness (QED) is 0.884. The average Bonchev–Trinajstić information content (AvgIpc) is 3.21. The van der Waals surface area contributed by atoms with Gasteiger partial charge in [-0.3, -0.25) is 14.7 Å². The molecule has 1 unspecified atom stereocenters. The topological polar surface area (TPSA) is 78.1 Å². The number of thiophene rings is 1. The number of carbonyl (C=O) groups excluding carboxylic acids is 2. The number of anilines is 1. The highest BCUT2D eigenvalue weighted by Crippen LogP contribution is 2.25. The summed E-state index contributed by atoms with van der Waals surface area (Å²) in [5.74, 6) is 0.406. The minimum atomic E-state index is -0.452. The van der Waals surface area contributed by atoms with Gasteiger partial charge in [0.1, 0.15) is 6.04 Å². The van der Waals surface area contributed by atoms with Gasteiger partial charge in [-0.2, -0.15) is 5.10 Å². The first kappa shape index (κ1) is 15.7. The highest BCUT2D eigenvalue weighted by atomic mass is 32.1. The van der Waals surface area contributed by atoms with Gasteiger partial charge >= 0.3 is 0 Å². The molecule has 0 aliphatic carbocycles. The van der Waals surface area contributed by atoms with Crippen LogP contribution in [-0.4, -0.2) is 39.5 Å². The summed E-state index contributed by atoms with van der Waals surface area (Å²) >= 11 is 1.60. The number of nitrogens with one attached hydrogen (secondary N) is 2. The number of aromatic amines is 1. The number of hydrogen-bond acceptors (Lipinski definition) is 4. The van der Waals surface area contributed by atoms with Gasteiger partial charge in [-0.25, -0.2) is 0 Å². The van der Waals surface area contributed by atoms with Crippen LogP contribution in [-0.2, 0) is 9.59 Å². The van der Waals surface area contributed by atoms with Crippen molar-refractivity contribution in [3.8, 4) is 10.6 Å². The molecule has 0 bridgehead atoms. The third-order valence-electron chi connectivity index (χ3n) is 3.96. The van der Waals surface area contributed by atoms with Gasteiger partial charge in [0, 0.05) is 19.0 Å². The highest BCUT2D eigenvalue weighted by molar-refractivity contribution is 7.13. The smallest absolute Gasteiger partial charge is 0.248 e. The van der Waals surface area contributed by atoms with Crippen molar-refractivity contribution in [3.05, 3.63) is 23.6 Å². The van der Waals surface area contributed by atoms with Crippen molar-refractivity contribution in [2.24, 2.45) is 5.92 Å². The van der Waals surface area contributed by atoms with Crippen LogP contribution in [0.4, 0.5) is 5.82 Å². The van der Waals surface area contributed by atoms with E-state index in [1.165, 1.54) is 0 Å². The normalized spacial score (nSPS) is 16.1. The van der Waals surface area contributed by atoms with Gasteiger partial charge in [-0.1, -0.05) is 19.9 Å². The molecule has 3 rings (SSSR count). The zero-order valence-corrected chi connectivity index (χ0v) is 14.0. The van der Waals surface area contributed by atoms with Crippen LogP contribution in [0.1, 0.15) is 26.7 Å². The van der Waals surface area contributed by atoms with E-state index in [4.69, 9.17) is 0 Å². The Morgan fingerprint density at radius 1 is 1.48 bits per heavy atom. The Morgan fingerprint density at radius 3 is 2.91 bits per heavy atom. The lowest BCUT2D eigenvalue weighted by atomic mass is 10.0. The molecule has 1 aliphatic heterocycles. The van der Waals surface area contributed by atoms with Crippen LogP contribution < -0.4 is 5.32 Å². The van der Waals surface area contributed by atoms with Crippen LogP contribution in [0.25, 0.3) is 10.6 Å². The number of likely N-dealkylation sites (tertiary alicyclic amines) is 1. The molecule has 0 aromatic carbocycles. The fourth-order valence-corrected chi connectivity index (χ4v) is 3.60. The summed E-state index contributed by atoms with van der Waals surface area (Å²) in [6.45, 7) is 4.56. The molecule has 1 atom stereocenters. The van der Waals surface area contributed by atoms with Crippen LogP contribution >= 0.6 is 11.3 Å². The molecule has 0 saturated carbocycles. The molecule has 1 aliphatic rings. The molecule has 2 N–H and O–H groups in total. The van der Waals surface area contributed by atoms with Crippen molar-refractivity contribution < 1.29 is 9.59 Å². The van der Waals surface area contributed by atoms with Crippen LogP contribution in [0, 0.1) is 5.92 Å². The first-order chi connectivity index (χ1) is 11.1. The van der Waals surface area contributed by atoms with E-state index < -0.39 is 6.04 Å². The lowest BCUT2D eigenvalue weighted by Gasteiger charge is -2.29. The molecule has 2 aromatic rings. The minimum Gasteiger partial charge on any atom is -0.330 e. The summed E-state index contributed by atoms with van der Waals surface area (Å²) in [6.07, 6.45) is 1.35. The van der Waals surface area contributed by atoms with E-state index in [-0.39, 0.29) is 17.7 Å². The van der Waals surface area contributed by atoms with Crippen LogP contribution in [0.2, 0.25) is 0 Å². The summed E-state index contributed by atoms with van der Waals surface area (Å²) < 4.78 is 0.